The van der Waals surface area contributed by atoms with Crippen molar-refractivity contribution in [1.82, 2.24) is 20.4 Å². The van der Waals surface area contributed by atoms with Crippen molar-refractivity contribution < 1.29 is 4.52 Å². The maximum absolute atomic E-state index is 5.29. The van der Waals surface area contributed by atoms with E-state index in [1.165, 1.54) is 17.8 Å². The van der Waals surface area contributed by atoms with Crippen molar-refractivity contribution >= 4 is 11.3 Å². The lowest BCUT2D eigenvalue weighted by Gasteiger charge is -2.18. The number of aromatic nitrogens is 3. The largest absolute Gasteiger partial charge is 0.339 e. The van der Waals surface area contributed by atoms with Gasteiger partial charge in [0, 0.05) is 11.9 Å². The highest BCUT2D eigenvalue weighted by Crippen LogP contribution is 2.24. The highest BCUT2D eigenvalue weighted by atomic mass is 32.1. The van der Waals surface area contributed by atoms with Crippen LogP contribution in [0.15, 0.2) is 15.4 Å². The van der Waals surface area contributed by atoms with Gasteiger partial charge in [-0.15, -0.1) is 11.3 Å². The summed E-state index contributed by atoms with van der Waals surface area (Å²) in [5.74, 6) is 1.69. The number of nitrogens with zero attached hydrogens (tertiary/aromatic N) is 3. The number of hydrogen-bond donors (Lipinski definition) is 1. The quantitative estimate of drug-likeness (QED) is 0.859. The van der Waals surface area contributed by atoms with E-state index < -0.39 is 0 Å². The Morgan fingerprint density at radius 1 is 1.50 bits per heavy atom. The maximum atomic E-state index is 5.29. The number of piperidine rings is 1. The maximum Gasteiger partial charge on any atom is 0.231 e. The van der Waals surface area contributed by atoms with Crippen LogP contribution in [0.2, 0.25) is 0 Å². The van der Waals surface area contributed by atoms with Crippen LogP contribution in [-0.4, -0.2) is 28.2 Å². The Morgan fingerprint density at radius 2 is 2.50 bits per heavy atom. The van der Waals surface area contributed by atoms with E-state index in [-0.39, 0.29) is 0 Å². The first-order valence-corrected chi connectivity index (χ1v) is 6.30. The molecule has 0 radical (unpaired) electrons. The van der Waals surface area contributed by atoms with Gasteiger partial charge in [-0.1, -0.05) is 5.16 Å². The van der Waals surface area contributed by atoms with Gasteiger partial charge in [0.05, 0.1) is 11.4 Å². The topological polar surface area (TPSA) is 63.8 Å². The summed E-state index contributed by atoms with van der Waals surface area (Å²) in [6.07, 6.45) is 2.28. The fraction of sp³-hybridized carbons (Fsp3) is 0.500. The third kappa shape index (κ3) is 1.85. The van der Waals surface area contributed by atoms with Gasteiger partial charge in [0.2, 0.25) is 11.7 Å². The van der Waals surface area contributed by atoms with Crippen LogP contribution in [-0.2, 0) is 0 Å². The third-order valence-corrected chi connectivity index (χ3v) is 3.34. The van der Waals surface area contributed by atoms with Gasteiger partial charge >= 0.3 is 0 Å². The smallest absolute Gasteiger partial charge is 0.231 e. The standard InChI is InChI=1S/C10H12N4OS/c1-2-7(4-11-3-1)10-13-9(14-15-10)8-5-16-6-12-8/h5-7,11H,1-4H2. The van der Waals surface area contributed by atoms with E-state index in [2.05, 4.69) is 20.4 Å². The molecule has 2 aromatic heterocycles. The highest BCUT2D eigenvalue weighted by Gasteiger charge is 2.21. The van der Waals surface area contributed by atoms with Crippen LogP contribution in [0.3, 0.4) is 0 Å². The molecule has 1 fully saturated rings. The minimum absolute atomic E-state index is 0.355. The van der Waals surface area contributed by atoms with Crippen molar-refractivity contribution in [2.45, 2.75) is 18.8 Å². The summed E-state index contributed by atoms with van der Waals surface area (Å²) < 4.78 is 5.29. The Kier molecular flexibility index (Phi) is 2.67. The van der Waals surface area contributed by atoms with Crippen LogP contribution in [0.4, 0.5) is 0 Å². The van der Waals surface area contributed by atoms with Crippen LogP contribution >= 0.6 is 11.3 Å². The average molecular weight is 236 g/mol. The molecule has 1 aliphatic rings. The molecule has 0 bridgehead atoms. The second-order valence-corrected chi connectivity index (χ2v) is 4.59. The zero-order valence-corrected chi connectivity index (χ0v) is 9.54. The molecule has 6 heteroatoms. The number of thiazole rings is 1. The van der Waals surface area contributed by atoms with Gasteiger partial charge in [-0.05, 0) is 19.4 Å². The van der Waals surface area contributed by atoms with Crippen molar-refractivity contribution in [3.05, 3.63) is 16.8 Å². The number of rotatable bonds is 2. The first kappa shape index (κ1) is 9.92. The first-order valence-electron chi connectivity index (χ1n) is 5.36. The van der Waals surface area contributed by atoms with E-state index in [0.29, 0.717) is 11.7 Å². The molecule has 3 rings (SSSR count). The Bertz CT molecular complexity index is 447. The van der Waals surface area contributed by atoms with Gasteiger partial charge in [0.25, 0.3) is 0 Å². The SMILES string of the molecule is c1nc(-c2noc(C3CCCNC3)n2)cs1. The van der Waals surface area contributed by atoms with Crippen LogP contribution in [0.5, 0.6) is 0 Å². The number of hydrogen-bond acceptors (Lipinski definition) is 6. The molecule has 1 unspecified atom stereocenters. The predicted octanol–water partition coefficient (Wildman–Crippen LogP) is 1.66. The van der Waals surface area contributed by atoms with Crippen molar-refractivity contribution in [2.24, 2.45) is 0 Å². The Labute approximate surface area is 96.9 Å². The molecule has 0 spiro atoms. The summed E-state index contributed by atoms with van der Waals surface area (Å²) in [5, 5.41) is 9.22. The molecule has 1 saturated heterocycles. The summed E-state index contributed by atoms with van der Waals surface area (Å²) in [5.41, 5.74) is 2.57. The Morgan fingerprint density at radius 3 is 3.25 bits per heavy atom. The van der Waals surface area contributed by atoms with Crippen molar-refractivity contribution in [3.63, 3.8) is 0 Å². The van der Waals surface area contributed by atoms with Crippen LogP contribution in [0.1, 0.15) is 24.7 Å². The summed E-state index contributed by atoms with van der Waals surface area (Å²) in [4.78, 5) is 8.57. The predicted molar refractivity (Wildman–Crippen MR) is 60.3 cm³/mol. The lowest BCUT2D eigenvalue weighted by Crippen LogP contribution is -2.28. The van der Waals surface area contributed by atoms with Crippen LogP contribution in [0.25, 0.3) is 11.5 Å². The van der Waals surface area contributed by atoms with Crippen LogP contribution < -0.4 is 5.32 Å². The molecule has 2 aromatic rings. The third-order valence-electron chi connectivity index (χ3n) is 2.75. The second-order valence-electron chi connectivity index (χ2n) is 3.87. The molecule has 1 N–H and O–H groups in total. The molecule has 5 nitrogen and oxygen atoms in total. The zero-order chi connectivity index (χ0) is 10.8. The van der Waals surface area contributed by atoms with E-state index in [0.717, 1.165) is 31.1 Å². The number of nitrogens with one attached hydrogen (secondary N) is 1. The van der Waals surface area contributed by atoms with Gasteiger partial charge in [0.15, 0.2) is 0 Å². The highest BCUT2D eigenvalue weighted by molar-refractivity contribution is 7.07. The van der Waals surface area contributed by atoms with E-state index in [9.17, 15) is 0 Å². The van der Waals surface area contributed by atoms with Gasteiger partial charge < -0.3 is 9.84 Å². The molecule has 0 amide bonds. The molecule has 16 heavy (non-hydrogen) atoms. The van der Waals surface area contributed by atoms with Crippen molar-refractivity contribution in [1.29, 1.82) is 0 Å². The van der Waals surface area contributed by atoms with Gasteiger partial charge in [-0.25, -0.2) is 4.98 Å². The molecule has 0 aromatic carbocycles. The monoisotopic (exact) mass is 236 g/mol. The van der Waals surface area contributed by atoms with Crippen LogP contribution in [0, 0.1) is 0 Å². The minimum Gasteiger partial charge on any atom is -0.339 e. The molecule has 3 heterocycles. The van der Waals surface area contributed by atoms with Crippen molar-refractivity contribution in [2.75, 3.05) is 13.1 Å². The first-order chi connectivity index (χ1) is 7.93. The lowest BCUT2D eigenvalue weighted by molar-refractivity contribution is 0.322. The van der Waals surface area contributed by atoms with E-state index in [4.69, 9.17) is 4.52 Å². The molecule has 0 aliphatic carbocycles. The average Bonchev–Trinajstić information content (AvgIpc) is 3.01. The normalized spacial score (nSPS) is 21.1. The Balaban J connectivity index is 1.82. The lowest BCUT2D eigenvalue weighted by atomic mass is 10.00. The molecular formula is C10H12N4OS. The molecule has 84 valence electrons. The summed E-state index contributed by atoms with van der Waals surface area (Å²) in [7, 11) is 0. The summed E-state index contributed by atoms with van der Waals surface area (Å²) in [6.45, 7) is 2.02. The molecular weight excluding hydrogens is 224 g/mol. The van der Waals surface area contributed by atoms with Gasteiger partial charge in [-0.3, -0.25) is 0 Å². The minimum atomic E-state index is 0.355. The van der Waals surface area contributed by atoms with Gasteiger partial charge in [-0.2, -0.15) is 4.98 Å². The fourth-order valence-corrected chi connectivity index (χ4v) is 2.42. The van der Waals surface area contributed by atoms with E-state index in [1.807, 2.05) is 5.38 Å². The summed E-state index contributed by atoms with van der Waals surface area (Å²) >= 11 is 1.53. The van der Waals surface area contributed by atoms with E-state index >= 15 is 0 Å². The molecule has 0 saturated carbocycles. The van der Waals surface area contributed by atoms with Crippen molar-refractivity contribution in [3.8, 4) is 11.5 Å². The molecule has 1 atom stereocenters. The Hall–Kier alpha value is -1.27. The zero-order valence-electron chi connectivity index (χ0n) is 8.72. The fourth-order valence-electron chi connectivity index (χ4n) is 1.89. The summed E-state index contributed by atoms with van der Waals surface area (Å²) in [6, 6.07) is 0. The van der Waals surface area contributed by atoms with E-state index in [1.54, 1.807) is 5.51 Å². The van der Waals surface area contributed by atoms with Gasteiger partial charge in [0.1, 0.15) is 5.69 Å². The molecule has 1 aliphatic heterocycles. The second kappa shape index (κ2) is 4.31.